The molecule has 0 amide bonds. The zero-order valence-electron chi connectivity index (χ0n) is 11.3. The smallest absolute Gasteiger partial charge is 0.211 e. The number of aliphatic imine (C=N–C) groups is 2. The minimum atomic E-state index is 0.582. The second-order valence-electron chi connectivity index (χ2n) is 3.89. The molecule has 0 fully saturated rings. The maximum Gasteiger partial charge on any atom is 0.234 e. The second-order valence-corrected chi connectivity index (χ2v) is 3.89. The zero-order chi connectivity index (χ0) is 14.2. The first kappa shape index (κ1) is 17.0. The molecule has 0 heterocycles. The highest BCUT2D eigenvalue weighted by Gasteiger charge is 1.89. The van der Waals surface area contributed by atoms with Gasteiger partial charge in [-0.2, -0.15) is 0 Å². The number of hydrogen-bond acceptors (Lipinski definition) is 4. The average molecular weight is 260 g/mol. The molecule has 0 bridgehead atoms. The van der Waals surface area contributed by atoms with Crippen LogP contribution in [0.4, 0.5) is 0 Å². The van der Waals surface area contributed by atoms with Gasteiger partial charge < -0.3 is 0 Å². The molecule has 0 N–H and O–H groups in total. The van der Waals surface area contributed by atoms with Crippen LogP contribution >= 0.6 is 0 Å². The molecule has 1 rings (SSSR count). The number of carbonyl (C=O) groups excluding carboxylic acids is 2. The molecule has 19 heavy (non-hydrogen) atoms. The van der Waals surface area contributed by atoms with Crippen molar-refractivity contribution >= 4 is 12.2 Å². The average Bonchev–Trinajstić information content (AvgIpc) is 2.46. The summed E-state index contributed by atoms with van der Waals surface area (Å²) in [5, 5.41) is 0. The van der Waals surface area contributed by atoms with Gasteiger partial charge >= 0.3 is 0 Å². The van der Waals surface area contributed by atoms with Gasteiger partial charge in [0.25, 0.3) is 0 Å². The van der Waals surface area contributed by atoms with E-state index in [0.717, 1.165) is 25.7 Å². The van der Waals surface area contributed by atoms with Crippen LogP contribution in [0, 0.1) is 0 Å². The van der Waals surface area contributed by atoms with Crippen molar-refractivity contribution in [2.45, 2.75) is 32.6 Å². The van der Waals surface area contributed by atoms with E-state index in [1.54, 1.807) is 0 Å². The van der Waals surface area contributed by atoms with E-state index in [2.05, 4.69) is 29.0 Å². The van der Waals surface area contributed by atoms with Crippen molar-refractivity contribution in [1.82, 2.24) is 0 Å². The van der Waals surface area contributed by atoms with Gasteiger partial charge in [0.05, 0.1) is 13.1 Å². The van der Waals surface area contributed by atoms with Crippen LogP contribution in [0.25, 0.3) is 0 Å². The summed E-state index contributed by atoms with van der Waals surface area (Å²) in [4.78, 5) is 25.9. The Labute approximate surface area is 114 Å². The molecule has 1 aromatic rings. The predicted molar refractivity (Wildman–Crippen MR) is 75.6 cm³/mol. The summed E-state index contributed by atoms with van der Waals surface area (Å²) in [6, 6.07) is 10.2. The SMILES string of the molecule is CCCCN=C=O.O=C=NCCCc1ccccc1. The third-order valence-electron chi connectivity index (χ3n) is 2.33. The highest BCUT2D eigenvalue weighted by molar-refractivity contribution is 5.32. The van der Waals surface area contributed by atoms with Gasteiger partial charge in [-0.1, -0.05) is 43.7 Å². The van der Waals surface area contributed by atoms with E-state index in [9.17, 15) is 9.59 Å². The summed E-state index contributed by atoms with van der Waals surface area (Å²) in [5.41, 5.74) is 1.29. The summed E-state index contributed by atoms with van der Waals surface area (Å²) in [5.74, 6) is 0. The van der Waals surface area contributed by atoms with Gasteiger partial charge in [-0.15, -0.1) is 0 Å². The number of benzene rings is 1. The van der Waals surface area contributed by atoms with Gasteiger partial charge in [0.1, 0.15) is 0 Å². The van der Waals surface area contributed by atoms with E-state index in [1.807, 2.05) is 18.2 Å². The lowest BCUT2D eigenvalue weighted by atomic mass is 10.1. The van der Waals surface area contributed by atoms with Crippen LogP contribution in [0.3, 0.4) is 0 Å². The molecule has 4 heteroatoms. The fraction of sp³-hybridized carbons (Fsp3) is 0.467. The van der Waals surface area contributed by atoms with E-state index in [4.69, 9.17) is 0 Å². The van der Waals surface area contributed by atoms with Crippen molar-refractivity contribution in [3.63, 3.8) is 0 Å². The molecule has 0 saturated heterocycles. The third-order valence-corrected chi connectivity index (χ3v) is 2.33. The van der Waals surface area contributed by atoms with E-state index in [-0.39, 0.29) is 0 Å². The van der Waals surface area contributed by atoms with Crippen LogP contribution < -0.4 is 0 Å². The highest BCUT2D eigenvalue weighted by Crippen LogP contribution is 2.01. The van der Waals surface area contributed by atoms with Gasteiger partial charge in [0.2, 0.25) is 12.2 Å². The maximum absolute atomic E-state index is 9.72. The predicted octanol–water partition coefficient (Wildman–Crippen LogP) is 3.08. The van der Waals surface area contributed by atoms with E-state index >= 15 is 0 Å². The Morgan fingerprint density at radius 3 is 2.05 bits per heavy atom. The summed E-state index contributed by atoms with van der Waals surface area (Å²) < 4.78 is 0. The number of aryl methyl sites for hydroxylation is 1. The van der Waals surface area contributed by atoms with Crippen molar-refractivity contribution in [3.8, 4) is 0 Å². The van der Waals surface area contributed by atoms with Crippen LogP contribution in [-0.2, 0) is 16.0 Å². The molecule has 0 aliphatic rings. The summed E-state index contributed by atoms with van der Waals surface area (Å²) >= 11 is 0. The van der Waals surface area contributed by atoms with Gasteiger partial charge in [-0.3, -0.25) is 0 Å². The number of unbranched alkanes of at least 4 members (excludes halogenated alkanes) is 1. The van der Waals surface area contributed by atoms with E-state index in [0.29, 0.717) is 13.1 Å². The van der Waals surface area contributed by atoms with Gasteiger partial charge in [0, 0.05) is 0 Å². The fourth-order valence-electron chi connectivity index (χ4n) is 1.34. The normalized spacial score (nSPS) is 8.47. The Morgan fingerprint density at radius 1 is 0.947 bits per heavy atom. The minimum Gasteiger partial charge on any atom is -0.211 e. The molecule has 0 aliphatic carbocycles. The molecular weight excluding hydrogens is 240 g/mol. The van der Waals surface area contributed by atoms with Crippen molar-refractivity contribution < 1.29 is 9.59 Å². The standard InChI is InChI=1S/C10H11NO.C5H9NO/c12-9-11-8-4-7-10-5-2-1-3-6-10;1-2-3-4-6-5-7/h1-3,5-6H,4,7-8H2;2-4H2,1H3. The van der Waals surface area contributed by atoms with Gasteiger partial charge in [-0.05, 0) is 24.8 Å². The van der Waals surface area contributed by atoms with Crippen LogP contribution in [0.15, 0.2) is 40.3 Å². The fourth-order valence-corrected chi connectivity index (χ4v) is 1.34. The molecule has 0 saturated carbocycles. The topological polar surface area (TPSA) is 58.9 Å². The summed E-state index contributed by atoms with van der Waals surface area (Å²) in [6.07, 6.45) is 6.98. The first-order chi connectivity index (χ1) is 9.35. The van der Waals surface area contributed by atoms with Crippen LogP contribution in [-0.4, -0.2) is 25.2 Å². The number of nitrogens with zero attached hydrogens (tertiary/aromatic N) is 2. The number of isocyanates is 2. The molecular formula is C15H20N2O2. The van der Waals surface area contributed by atoms with Crippen LogP contribution in [0.2, 0.25) is 0 Å². The molecule has 0 unspecified atom stereocenters. The lowest BCUT2D eigenvalue weighted by molar-refractivity contribution is 0.561. The third kappa shape index (κ3) is 12.2. The van der Waals surface area contributed by atoms with Crippen LogP contribution in [0.5, 0.6) is 0 Å². The highest BCUT2D eigenvalue weighted by atomic mass is 16.1. The lowest BCUT2D eigenvalue weighted by Gasteiger charge is -1.96. The second kappa shape index (κ2) is 14.0. The first-order valence-electron chi connectivity index (χ1n) is 6.46. The molecule has 0 radical (unpaired) electrons. The molecule has 0 spiro atoms. The Kier molecular flexibility index (Phi) is 12.5. The number of hydrogen-bond donors (Lipinski definition) is 0. The Bertz CT molecular complexity index is 405. The monoisotopic (exact) mass is 260 g/mol. The maximum atomic E-state index is 9.72. The van der Waals surface area contributed by atoms with E-state index in [1.165, 1.54) is 17.7 Å². The molecule has 4 nitrogen and oxygen atoms in total. The van der Waals surface area contributed by atoms with E-state index < -0.39 is 0 Å². The zero-order valence-corrected chi connectivity index (χ0v) is 11.3. The minimum absolute atomic E-state index is 0.582. The van der Waals surface area contributed by atoms with Crippen molar-refractivity contribution in [3.05, 3.63) is 35.9 Å². The largest absolute Gasteiger partial charge is 0.234 e. The molecule has 1 aromatic carbocycles. The summed E-state index contributed by atoms with van der Waals surface area (Å²) in [6.45, 7) is 3.28. The van der Waals surface area contributed by atoms with Crippen molar-refractivity contribution in [1.29, 1.82) is 0 Å². The first-order valence-corrected chi connectivity index (χ1v) is 6.46. The molecule has 0 aromatic heterocycles. The molecule has 102 valence electrons. The Hall–Kier alpha value is -2.02. The van der Waals surface area contributed by atoms with Gasteiger partial charge in [-0.25, -0.2) is 19.6 Å². The van der Waals surface area contributed by atoms with Crippen molar-refractivity contribution in [2.24, 2.45) is 9.98 Å². The number of rotatable bonds is 7. The lowest BCUT2D eigenvalue weighted by Crippen LogP contribution is -1.87. The quantitative estimate of drug-likeness (QED) is 0.429. The van der Waals surface area contributed by atoms with Crippen molar-refractivity contribution in [2.75, 3.05) is 13.1 Å². The molecule has 0 aliphatic heterocycles. The van der Waals surface area contributed by atoms with Crippen LogP contribution in [0.1, 0.15) is 31.7 Å². The Morgan fingerprint density at radius 2 is 1.53 bits per heavy atom. The Balaban J connectivity index is 0.000000399. The molecule has 0 atom stereocenters. The summed E-state index contributed by atoms with van der Waals surface area (Å²) in [7, 11) is 0. The van der Waals surface area contributed by atoms with Gasteiger partial charge in [0.15, 0.2) is 0 Å².